The van der Waals surface area contributed by atoms with Crippen LogP contribution in [0.5, 0.6) is 0 Å². The van der Waals surface area contributed by atoms with Crippen molar-refractivity contribution in [1.82, 2.24) is 0 Å². The van der Waals surface area contributed by atoms with Crippen molar-refractivity contribution in [3.8, 4) is 0 Å². The van der Waals surface area contributed by atoms with Gasteiger partial charge in [-0.05, 0) is 50.5 Å². The summed E-state index contributed by atoms with van der Waals surface area (Å²) in [7, 11) is 0. The lowest BCUT2D eigenvalue weighted by atomic mass is 9.85. The van der Waals surface area contributed by atoms with Gasteiger partial charge in [0.15, 0.2) is 0 Å². The number of hydrogen-bond acceptors (Lipinski definition) is 4. The molecule has 0 aromatic heterocycles. The van der Waals surface area contributed by atoms with Gasteiger partial charge in [-0.25, -0.2) is 0 Å². The molecular weight excluding hydrogens is 376 g/mol. The molecular formula is C26H40O4. The largest absolute Gasteiger partial charge is 0.461 e. The number of esters is 2. The van der Waals surface area contributed by atoms with Crippen LogP contribution in [0.2, 0.25) is 0 Å². The quantitative estimate of drug-likeness (QED) is 0.481. The number of benzene rings is 1. The molecule has 2 rings (SSSR count). The zero-order valence-electron chi connectivity index (χ0n) is 19.0. The van der Waals surface area contributed by atoms with Crippen molar-refractivity contribution in [3.63, 3.8) is 0 Å². The predicted octanol–water partition coefficient (Wildman–Crippen LogP) is 6.75. The molecule has 0 spiro atoms. The molecule has 0 saturated heterocycles. The molecule has 1 aromatic rings. The summed E-state index contributed by atoms with van der Waals surface area (Å²) in [5.41, 5.74) is 0.746. The van der Waals surface area contributed by atoms with E-state index in [0.717, 1.165) is 89.0 Å². The maximum Gasteiger partial charge on any atom is 0.309 e. The van der Waals surface area contributed by atoms with Gasteiger partial charge in [-0.3, -0.25) is 9.59 Å². The number of rotatable bonds is 6. The van der Waals surface area contributed by atoms with E-state index in [1.165, 1.54) is 6.92 Å². The van der Waals surface area contributed by atoms with Crippen LogP contribution in [-0.2, 0) is 25.7 Å². The highest BCUT2D eigenvalue weighted by molar-refractivity contribution is 5.72. The van der Waals surface area contributed by atoms with Crippen molar-refractivity contribution < 1.29 is 19.1 Å². The Kier molecular flexibility index (Phi) is 11.0. The van der Waals surface area contributed by atoms with Gasteiger partial charge in [0, 0.05) is 6.92 Å². The summed E-state index contributed by atoms with van der Waals surface area (Å²) < 4.78 is 11.5. The molecule has 0 radical (unpaired) electrons. The van der Waals surface area contributed by atoms with Crippen molar-refractivity contribution in [3.05, 3.63) is 35.9 Å². The Morgan fingerprint density at radius 3 is 2.13 bits per heavy atom. The smallest absolute Gasteiger partial charge is 0.309 e. The topological polar surface area (TPSA) is 52.6 Å². The number of ether oxygens (including phenoxy) is 2. The Labute approximate surface area is 182 Å². The fourth-order valence-electron chi connectivity index (χ4n) is 4.72. The van der Waals surface area contributed by atoms with Gasteiger partial charge < -0.3 is 9.47 Å². The Morgan fingerprint density at radius 1 is 0.933 bits per heavy atom. The standard InChI is InChI=1S/C26H40O4/c1-3-18-26(30-22(2)27)19-12-5-4-10-16-24(17-11-7-13-20-26)25(28)29-21-23-14-8-6-9-15-23/h6,8-9,14-15,24H,3-5,7,10-13,16-21H2,1-2H3. The lowest BCUT2D eigenvalue weighted by molar-refractivity contribution is -0.160. The van der Waals surface area contributed by atoms with Crippen LogP contribution in [0, 0.1) is 5.92 Å². The molecule has 2 unspecified atom stereocenters. The van der Waals surface area contributed by atoms with Gasteiger partial charge in [-0.1, -0.05) is 75.8 Å². The normalized spacial score (nSPS) is 24.0. The average molecular weight is 417 g/mol. The van der Waals surface area contributed by atoms with E-state index in [1.807, 2.05) is 30.3 Å². The van der Waals surface area contributed by atoms with Crippen LogP contribution in [-0.4, -0.2) is 17.5 Å². The highest BCUT2D eigenvalue weighted by Crippen LogP contribution is 2.33. The minimum absolute atomic E-state index is 0.00309. The summed E-state index contributed by atoms with van der Waals surface area (Å²) in [5, 5.41) is 0. The van der Waals surface area contributed by atoms with Gasteiger partial charge in [-0.15, -0.1) is 0 Å². The molecule has 1 fully saturated rings. The first-order chi connectivity index (χ1) is 14.5. The van der Waals surface area contributed by atoms with E-state index in [0.29, 0.717) is 6.61 Å². The van der Waals surface area contributed by atoms with Crippen LogP contribution in [0.15, 0.2) is 30.3 Å². The zero-order valence-corrected chi connectivity index (χ0v) is 19.0. The minimum Gasteiger partial charge on any atom is -0.461 e. The highest BCUT2D eigenvalue weighted by Gasteiger charge is 2.32. The molecule has 4 heteroatoms. The summed E-state index contributed by atoms with van der Waals surface area (Å²) in [5.74, 6) is -0.203. The van der Waals surface area contributed by atoms with E-state index in [2.05, 4.69) is 6.92 Å². The summed E-state index contributed by atoms with van der Waals surface area (Å²) in [6.07, 6.45) is 13.2. The molecule has 0 aliphatic heterocycles. The predicted molar refractivity (Wildman–Crippen MR) is 120 cm³/mol. The Bertz CT molecular complexity index is 627. The third-order valence-corrected chi connectivity index (χ3v) is 6.24. The lowest BCUT2D eigenvalue weighted by Gasteiger charge is -2.33. The summed E-state index contributed by atoms with van der Waals surface area (Å²) >= 11 is 0. The first kappa shape index (κ1) is 24.4. The highest BCUT2D eigenvalue weighted by atomic mass is 16.6. The van der Waals surface area contributed by atoms with Gasteiger partial charge in [-0.2, -0.15) is 0 Å². The van der Waals surface area contributed by atoms with Crippen LogP contribution in [0.3, 0.4) is 0 Å². The fraction of sp³-hybridized carbons (Fsp3) is 0.692. The molecule has 1 saturated carbocycles. The van der Waals surface area contributed by atoms with E-state index >= 15 is 0 Å². The van der Waals surface area contributed by atoms with Gasteiger partial charge in [0.25, 0.3) is 0 Å². The van der Waals surface area contributed by atoms with Crippen LogP contribution in [0.25, 0.3) is 0 Å². The minimum atomic E-state index is -0.289. The molecule has 1 aliphatic carbocycles. The van der Waals surface area contributed by atoms with Crippen LogP contribution < -0.4 is 0 Å². The third kappa shape index (κ3) is 8.89. The number of carbonyl (C=O) groups is 2. The molecule has 0 bridgehead atoms. The Morgan fingerprint density at radius 2 is 1.53 bits per heavy atom. The first-order valence-electron chi connectivity index (χ1n) is 11.9. The van der Waals surface area contributed by atoms with Gasteiger partial charge in [0.05, 0.1) is 5.92 Å². The van der Waals surface area contributed by atoms with Crippen molar-refractivity contribution >= 4 is 11.9 Å². The molecule has 1 aliphatic rings. The molecule has 2 atom stereocenters. The molecule has 0 amide bonds. The van der Waals surface area contributed by atoms with E-state index in [9.17, 15) is 9.59 Å². The number of hydrogen-bond donors (Lipinski definition) is 0. The van der Waals surface area contributed by atoms with Crippen molar-refractivity contribution in [2.45, 2.75) is 110 Å². The molecule has 0 heterocycles. The van der Waals surface area contributed by atoms with Crippen molar-refractivity contribution in [1.29, 1.82) is 0 Å². The average Bonchev–Trinajstić information content (AvgIpc) is 2.74. The second-order valence-electron chi connectivity index (χ2n) is 8.87. The van der Waals surface area contributed by atoms with Crippen LogP contribution in [0.4, 0.5) is 0 Å². The van der Waals surface area contributed by atoms with Crippen molar-refractivity contribution in [2.75, 3.05) is 0 Å². The van der Waals surface area contributed by atoms with Gasteiger partial charge >= 0.3 is 11.9 Å². The molecule has 168 valence electrons. The van der Waals surface area contributed by atoms with Crippen molar-refractivity contribution in [2.24, 2.45) is 5.92 Å². The van der Waals surface area contributed by atoms with E-state index in [-0.39, 0.29) is 23.5 Å². The van der Waals surface area contributed by atoms with E-state index < -0.39 is 0 Å². The molecule has 4 nitrogen and oxygen atoms in total. The summed E-state index contributed by atoms with van der Waals surface area (Å²) in [6, 6.07) is 9.89. The summed E-state index contributed by atoms with van der Waals surface area (Å²) in [4.78, 5) is 24.4. The van der Waals surface area contributed by atoms with Gasteiger partial charge in [0.1, 0.15) is 12.2 Å². The van der Waals surface area contributed by atoms with E-state index in [1.54, 1.807) is 0 Å². The monoisotopic (exact) mass is 416 g/mol. The van der Waals surface area contributed by atoms with E-state index in [4.69, 9.17) is 9.47 Å². The molecule has 1 aromatic carbocycles. The molecule has 0 N–H and O–H groups in total. The maximum atomic E-state index is 12.7. The van der Waals surface area contributed by atoms with Crippen LogP contribution in [0.1, 0.15) is 103 Å². The Balaban J connectivity index is 1.90. The summed E-state index contributed by atoms with van der Waals surface area (Å²) in [6.45, 7) is 4.06. The Hall–Kier alpha value is -1.84. The van der Waals surface area contributed by atoms with Crippen LogP contribution >= 0.6 is 0 Å². The second-order valence-corrected chi connectivity index (χ2v) is 8.87. The lowest BCUT2D eigenvalue weighted by Crippen LogP contribution is -2.34. The fourth-order valence-corrected chi connectivity index (χ4v) is 4.72. The number of carbonyl (C=O) groups excluding carboxylic acids is 2. The first-order valence-corrected chi connectivity index (χ1v) is 11.9. The molecule has 30 heavy (non-hydrogen) atoms. The maximum absolute atomic E-state index is 12.7. The second kappa shape index (κ2) is 13.5. The zero-order chi connectivity index (χ0) is 21.7. The third-order valence-electron chi connectivity index (χ3n) is 6.24. The SMILES string of the molecule is CCCC1(OC(C)=O)CCCCCCC(C(=O)OCc2ccccc2)CCCCC1. The van der Waals surface area contributed by atoms with Gasteiger partial charge in [0.2, 0.25) is 0 Å².